The number of aromatic nitrogens is 4. The third kappa shape index (κ3) is 4.60. The summed E-state index contributed by atoms with van der Waals surface area (Å²) in [4.78, 5) is 12.6. The van der Waals surface area contributed by atoms with Crippen molar-refractivity contribution in [2.45, 2.75) is 20.3 Å². The van der Waals surface area contributed by atoms with E-state index in [4.69, 9.17) is 9.47 Å². The summed E-state index contributed by atoms with van der Waals surface area (Å²) in [5.41, 5.74) is 1.96. The van der Waals surface area contributed by atoms with E-state index >= 15 is 0 Å². The summed E-state index contributed by atoms with van der Waals surface area (Å²) in [6, 6.07) is 12.4. The highest BCUT2D eigenvalue weighted by Crippen LogP contribution is 2.29. The number of benzene rings is 2. The first-order valence-electron chi connectivity index (χ1n) is 8.75. The molecular weight excluding hydrogens is 346 g/mol. The molecule has 2 aromatic carbocycles. The molecule has 140 valence electrons. The molecule has 0 atom stereocenters. The summed E-state index contributed by atoms with van der Waals surface area (Å²) in [6.45, 7) is 5.01. The van der Waals surface area contributed by atoms with E-state index < -0.39 is 0 Å². The Balaban J connectivity index is 1.72. The van der Waals surface area contributed by atoms with Gasteiger partial charge in [0.05, 0.1) is 18.9 Å². The van der Waals surface area contributed by atoms with E-state index in [0.29, 0.717) is 36.0 Å². The predicted octanol–water partition coefficient (Wildman–Crippen LogP) is 3.10. The standard InChI is InChI=1S/C19H21N5O3/c1-3-11-27-17-10-5-14(12-18(17)26-4-2)19(25)21-15-6-8-16(9-7-15)24-13-20-22-23-24/h5-10,12-13H,3-4,11H2,1-2H3,(H,21,25). The van der Waals surface area contributed by atoms with E-state index in [1.54, 1.807) is 30.3 Å². The van der Waals surface area contributed by atoms with Gasteiger partial charge in [-0.1, -0.05) is 6.92 Å². The van der Waals surface area contributed by atoms with E-state index in [0.717, 1.165) is 12.1 Å². The number of tetrazole rings is 1. The maximum absolute atomic E-state index is 12.6. The average Bonchev–Trinajstić information content (AvgIpc) is 3.22. The molecule has 0 spiro atoms. The summed E-state index contributed by atoms with van der Waals surface area (Å²) < 4.78 is 12.8. The quantitative estimate of drug-likeness (QED) is 0.658. The predicted molar refractivity (Wildman–Crippen MR) is 101 cm³/mol. The Morgan fingerprint density at radius 2 is 1.89 bits per heavy atom. The molecule has 0 radical (unpaired) electrons. The SMILES string of the molecule is CCCOc1ccc(C(=O)Nc2ccc(-n3cnnn3)cc2)cc1OCC. The summed E-state index contributed by atoms with van der Waals surface area (Å²) in [6.07, 6.45) is 2.40. The molecule has 1 amide bonds. The first kappa shape index (κ1) is 18.4. The second-order valence-electron chi connectivity index (χ2n) is 5.70. The largest absolute Gasteiger partial charge is 0.490 e. The second kappa shape index (κ2) is 8.79. The van der Waals surface area contributed by atoms with Crippen molar-refractivity contribution in [3.63, 3.8) is 0 Å². The molecule has 1 N–H and O–H groups in total. The van der Waals surface area contributed by atoms with E-state index in [-0.39, 0.29) is 5.91 Å². The second-order valence-corrected chi connectivity index (χ2v) is 5.70. The molecule has 27 heavy (non-hydrogen) atoms. The number of carbonyl (C=O) groups is 1. The Bertz CT molecular complexity index is 879. The zero-order chi connectivity index (χ0) is 19.1. The van der Waals surface area contributed by atoms with Crippen molar-refractivity contribution in [1.29, 1.82) is 0 Å². The van der Waals surface area contributed by atoms with Crippen LogP contribution in [0.4, 0.5) is 5.69 Å². The molecular formula is C19H21N5O3. The van der Waals surface area contributed by atoms with Crippen molar-refractivity contribution in [2.75, 3.05) is 18.5 Å². The van der Waals surface area contributed by atoms with Crippen LogP contribution >= 0.6 is 0 Å². The fourth-order valence-electron chi connectivity index (χ4n) is 2.43. The molecule has 0 saturated carbocycles. The number of nitrogens with one attached hydrogen (secondary N) is 1. The maximum atomic E-state index is 12.6. The Hall–Kier alpha value is -3.42. The fraction of sp³-hybridized carbons (Fsp3) is 0.263. The molecule has 0 unspecified atom stereocenters. The molecule has 1 heterocycles. The van der Waals surface area contributed by atoms with Gasteiger partial charge in [0.2, 0.25) is 0 Å². The number of hydrogen-bond donors (Lipinski definition) is 1. The molecule has 3 rings (SSSR count). The number of amides is 1. The van der Waals surface area contributed by atoms with Crippen LogP contribution in [-0.2, 0) is 0 Å². The van der Waals surface area contributed by atoms with Crippen LogP contribution in [0, 0.1) is 0 Å². The van der Waals surface area contributed by atoms with Crippen LogP contribution < -0.4 is 14.8 Å². The van der Waals surface area contributed by atoms with Crippen molar-refractivity contribution in [3.05, 3.63) is 54.4 Å². The van der Waals surface area contributed by atoms with Crippen molar-refractivity contribution in [2.24, 2.45) is 0 Å². The summed E-state index contributed by atoms with van der Waals surface area (Å²) in [5.74, 6) is 0.974. The van der Waals surface area contributed by atoms with Gasteiger partial charge < -0.3 is 14.8 Å². The lowest BCUT2D eigenvalue weighted by Gasteiger charge is -2.13. The van der Waals surface area contributed by atoms with Crippen molar-refractivity contribution >= 4 is 11.6 Å². The van der Waals surface area contributed by atoms with E-state index in [1.807, 2.05) is 26.0 Å². The van der Waals surface area contributed by atoms with E-state index in [1.165, 1.54) is 11.0 Å². The van der Waals surface area contributed by atoms with Gasteiger partial charge >= 0.3 is 0 Å². The number of nitrogens with zero attached hydrogens (tertiary/aromatic N) is 4. The summed E-state index contributed by atoms with van der Waals surface area (Å²) >= 11 is 0. The van der Waals surface area contributed by atoms with Crippen LogP contribution in [0.15, 0.2) is 48.8 Å². The molecule has 0 fully saturated rings. The van der Waals surface area contributed by atoms with Gasteiger partial charge in [0, 0.05) is 11.3 Å². The van der Waals surface area contributed by atoms with Crippen molar-refractivity contribution < 1.29 is 14.3 Å². The highest BCUT2D eigenvalue weighted by molar-refractivity contribution is 6.04. The van der Waals surface area contributed by atoms with Gasteiger partial charge in [-0.05, 0) is 66.2 Å². The molecule has 0 aliphatic heterocycles. The highest BCUT2D eigenvalue weighted by atomic mass is 16.5. The lowest BCUT2D eigenvalue weighted by Crippen LogP contribution is -2.12. The number of ether oxygens (including phenoxy) is 2. The Labute approximate surface area is 157 Å². The molecule has 0 aliphatic carbocycles. The molecule has 8 nitrogen and oxygen atoms in total. The van der Waals surface area contributed by atoms with Gasteiger partial charge in [0.1, 0.15) is 6.33 Å². The molecule has 0 bridgehead atoms. The highest BCUT2D eigenvalue weighted by Gasteiger charge is 2.12. The third-order valence-electron chi connectivity index (χ3n) is 3.71. The molecule has 8 heteroatoms. The summed E-state index contributed by atoms with van der Waals surface area (Å²) in [5, 5.41) is 13.9. The monoisotopic (exact) mass is 367 g/mol. The van der Waals surface area contributed by atoms with Crippen LogP contribution in [0.25, 0.3) is 5.69 Å². The van der Waals surface area contributed by atoms with Gasteiger partial charge in [-0.3, -0.25) is 4.79 Å². The lowest BCUT2D eigenvalue weighted by atomic mass is 10.1. The van der Waals surface area contributed by atoms with Gasteiger partial charge in [-0.2, -0.15) is 0 Å². The minimum Gasteiger partial charge on any atom is -0.490 e. The maximum Gasteiger partial charge on any atom is 0.255 e. The lowest BCUT2D eigenvalue weighted by molar-refractivity contribution is 0.102. The smallest absolute Gasteiger partial charge is 0.255 e. The number of hydrogen-bond acceptors (Lipinski definition) is 6. The Morgan fingerprint density at radius 3 is 2.56 bits per heavy atom. The fourth-order valence-corrected chi connectivity index (χ4v) is 2.43. The molecule has 3 aromatic rings. The normalized spacial score (nSPS) is 10.4. The zero-order valence-corrected chi connectivity index (χ0v) is 15.3. The summed E-state index contributed by atoms with van der Waals surface area (Å²) in [7, 11) is 0. The van der Waals surface area contributed by atoms with Crippen LogP contribution in [0.2, 0.25) is 0 Å². The molecule has 0 aliphatic rings. The van der Waals surface area contributed by atoms with Crippen LogP contribution in [0.5, 0.6) is 11.5 Å². The van der Waals surface area contributed by atoms with Crippen LogP contribution in [-0.4, -0.2) is 39.3 Å². The van der Waals surface area contributed by atoms with Crippen LogP contribution in [0.3, 0.4) is 0 Å². The van der Waals surface area contributed by atoms with Gasteiger partial charge in [0.15, 0.2) is 11.5 Å². The third-order valence-corrected chi connectivity index (χ3v) is 3.71. The van der Waals surface area contributed by atoms with Gasteiger partial charge in [-0.25, -0.2) is 4.68 Å². The van der Waals surface area contributed by atoms with E-state index in [9.17, 15) is 4.79 Å². The Kier molecular flexibility index (Phi) is 5.98. The van der Waals surface area contributed by atoms with Gasteiger partial charge in [0.25, 0.3) is 5.91 Å². The van der Waals surface area contributed by atoms with Crippen molar-refractivity contribution in [1.82, 2.24) is 20.2 Å². The van der Waals surface area contributed by atoms with E-state index in [2.05, 4.69) is 20.8 Å². The first-order valence-corrected chi connectivity index (χ1v) is 8.75. The topological polar surface area (TPSA) is 91.2 Å². The minimum atomic E-state index is -0.229. The zero-order valence-electron chi connectivity index (χ0n) is 15.3. The number of rotatable bonds is 8. The first-order chi connectivity index (χ1) is 13.2. The van der Waals surface area contributed by atoms with Crippen LogP contribution in [0.1, 0.15) is 30.6 Å². The number of anilines is 1. The molecule has 1 aromatic heterocycles. The Morgan fingerprint density at radius 1 is 1.07 bits per heavy atom. The van der Waals surface area contributed by atoms with Gasteiger partial charge in [-0.15, -0.1) is 5.10 Å². The number of carbonyl (C=O) groups excluding carboxylic acids is 1. The average molecular weight is 367 g/mol. The van der Waals surface area contributed by atoms with Crippen molar-refractivity contribution in [3.8, 4) is 17.2 Å². The minimum absolute atomic E-state index is 0.229. The molecule has 0 saturated heterocycles.